The Morgan fingerprint density at radius 2 is 1.94 bits per heavy atom. The van der Waals surface area contributed by atoms with E-state index in [-0.39, 0.29) is 17.7 Å². The summed E-state index contributed by atoms with van der Waals surface area (Å²) in [6, 6.07) is 9.11. The van der Waals surface area contributed by atoms with Crippen molar-refractivity contribution in [2.75, 3.05) is 0 Å². The van der Waals surface area contributed by atoms with Gasteiger partial charge in [-0.2, -0.15) is 0 Å². The largest absolute Gasteiger partial charge is 0.308 e. The Morgan fingerprint density at radius 1 is 1.22 bits per heavy atom. The zero-order chi connectivity index (χ0) is 13.1. The molecule has 92 valence electrons. The first kappa shape index (κ1) is 12.2. The Kier molecular flexibility index (Phi) is 3.37. The van der Waals surface area contributed by atoms with Crippen molar-refractivity contribution in [2.24, 2.45) is 0 Å². The summed E-state index contributed by atoms with van der Waals surface area (Å²) in [7, 11) is 0. The summed E-state index contributed by atoms with van der Waals surface area (Å²) in [4.78, 5) is 23.6. The maximum Gasteiger partial charge on any atom is 0.253 e. The molecule has 4 heteroatoms. The van der Waals surface area contributed by atoms with Gasteiger partial charge in [-0.15, -0.1) is 0 Å². The zero-order valence-electron chi connectivity index (χ0n) is 9.89. The molecule has 1 aromatic carbocycles. The Balaban J connectivity index is 2.30. The summed E-state index contributed by atoms with van der Waals surface area (Å²) < 4.78 is 14.7. The van der Waals surface area contributed by atoms with Crippen molar-refractivity contribution < 1.29 is 9.18 Å². The summed E-state index contributed by atoms with van der Waals surface area (Å²) in [5, 5.41) is 0. The minimum absolute atomic E-state index is 0.00547. The highest BCUT2D eigenvalue weighted by atomic mass is 19.1. The van der Waals surface area contributed by atoms with E-state index >= 15 is 0 Å². The number of carbonyl (C=O) groups is 1. The minimum Gasteiger partial charge on any atom is -0.308 e. The smallest absolute Gasteiger partial charge is 0.253 e. The molecule has 1 heterocycles. The predicted octanol–water partition coefficient (Wildman–Crippen LogP) is 2.18. The molecule has 3 nitrogen and oxygen atoms in total. The SMILES string of the molecule is Cc1cccn(CC(=O)c2ccccc2F)c1=O. The molecular weight excluding hydrogens is 233 g/mol. The number of benzene rings is 1. The molecule has 0 spiro atoms. The van der Waals surface area contributed by atoms with Gasteiger partial charge in [0.2, 0.25) is 0 Å². The second-order valence-electron chi connectivity index (χ2n) is 4.03. The number of hydrogen-bond donors (Lipinski definition) is 0. The summed E-state index contributed by atoms with van der Waals surface area (Å²) in [6.45, 7) is 1.52. The van der Waals surface area contributed by atoms with Crippen LogP contribution in [-0.2, 0) is 6.54 Å². The van der Waals surface area contributed by atoms with Gasteiger partial charge in [0.15, 0.2) is 5.78 Å². The van der Waals surface area contributed by atoms with Crippen LogP contribution >= 0.6 is 0 Å². The number of nitrogens with zero attached hydrogens (tertiary/aromatic N) is 1. The van der Waals surface area contributed by atoms with E-state index in [1.165, 1.54) is 29.0 Å². The van der Waals surface area contributed by atoms with E-state index in [9.17, 15) is 14.0 Å². The first-order chi connectivity index (χ1) is 8.59. The lowest BCUT2D eigenvalue weighted by atomic mass is 10.1. The van der Waals surface area contributed by atoms with Crippen LogP contribution in [0.25, 0.3) is 0 Å². The number of pyridine rings is 1. The van der Waals surface area contributed by atoms with Gasteiger partial charge in [0.1, 0.15) is 5.82 Å². The Morgan fingerprint density at radius 3 is 2.67 bits per heavy atom. The molecule has 0 aliphatic heterocycles. The molecule has 0 aliphatic rings. The Hall–Kier alpha value is -2.23. The van der Waals surface area contributed by atoms with Crippen LogP contribution in [0.1, 0.15) is 15.9 Å². The van der Waals surface area contributed by atoms with Crippen molar-refractivity contribution in [3.05, 3.63) is 69.9 Å². The fraction of sp³-hybridized carbons (Fsp3) is 0.143. The molecule has 0 saturated carbocycles. The molecule has 0 N–H and O–H groups in total. The van der Waals surface area contributed by atoms with Gasteiger partial charge in [0.05, 0.1) is 12.1 Å². The molecular formula is C14H12FNO2. The summed E-state index contributed by atoms with van der Waals surface area (Å²) in [6.07, 6.45) is 1.52. The fourth-order valence-electron chi connectivity index (χ4n) is 1.71. The number of ketones is 1. The summed E-state index contributed by atoms with van der Waals surface area (Å²) >= 11 is 0. The maximum absolute atomic E-state index is 13.4. The Bertz CT molecular complexity index is 646. The van der Waals surface area contributed by atoms with Gasteiger partial charge < -0.3 is 4.57 Å². The van der Waals surface area contributed by atoms with E-state index in [1.807, 2.05) is 0 Å². The van der Waals surface area contributed by atoms with Gasteiger partial charge >= 0.3 is 0 Å². The van der Waals surface area contributed by atoms with Crippen LogP contribution in [0.3, 0.4) is 0 Å². The third-order valence-electron chi connectivity index (χ3n) is 2.70. The van der Waals surface area contributed by atoms with E-state index in [4.69, 9.17) is 0 Å². The lowest BCUT2D eigenvalue weighted by Gasteiger charge is -2.06. The molecule has 0 fully saturated rings. The van der Waals surface area contributed by atoms with Gasteiger partial charge in [0, 0.05) is 11.8 Å². The van der Waals surface area contributed by atoms with Gasteiger partial charge in [-0.25, -0.2) is 4.39 Å². The molecule has 0 amide bonds. The number of aromatic nitrogens is 1. The van der Waals surface area contributed by atoms with Crippen LogP contribution < -0.4 is 5.56 Å². The van der Waals surface area contributed by atoms with Crippen LogP contribution in [0.2, 0.25) is 0 Å². The average molecular weight is 245 g/mol. The third kappa shape index (κ3) is 2.37. The lowest BCUT2D eigenvalue weighted by Crippen LogP contribution is -2.25. The number of halogens is 1. The second kappa shape index (κ2) is 4.96. The fourth-order valence-corrected chi connectivity index (χ4v) is 1.71. The van der Waals surface area contributed by atoms with Crippen molar-refractivity contribution in [3.63, 3.8) is 0 Å². The van der Waals surface area contributed by atoms with E-state index in [0.29, 0.717) is 5.56 Å². The molecule has 0 unspecified atom stereocenters. The van der Waals surface area contributed by atoms with Crippen molar-refractivity contribution in [1.29, 1.82) is 0 Å². The molecule has 0 bridgehead atoms. The standard InChI is InChI=1S/C14H12FNO2/c1-10-5-4-8-16(14(10)18)9-13(17)11-6-2-3-7-12(11)15/h2-8H,9H2,1H3. The van der Waals surface area contributed by atoms with E-state index in [2.05, 4.69) is 0 Å². The van der Waals surface area contributed by atoms with E-state index < -0.39 is 11.6 Å². The molecule has 2 rings (SSSR count). The highest BCUT2D eigenvalue weighted by molar-refractivity contribution is 5.96. The topological polar surface area (TPSA) is 39.1 Å². The highest BCUT2D eigenvalue weighted by Crippen LogP contribution is 2.08. The molecule has 2 aromatic rings. The number of hydrogen-bond acceptors (Lipinski definition) is 2. The van der Waals surface area contributed by atoms with E-state index in [1.54, 1.807) is 25.1 Å². The van der Waals surface area contributed by atoms with Crippen LogP contribution in [0.5, 0.6) is 0 Å². The minimum atomic E-state index is -0.566. The molecule has 0 aliphatic carbocycles. The van der Waals surface area contributed by atoms with Crippen molar-refractivity contribution in [2.45, 2.75) is 13.5 Å². The van der Waals surface area contributed by atoms with Gasteiger partial charge in [0.25, 0.3) is 5.56 Å². The van der Waals surface area contributed by atoms with Gasteiger partial charge in [-0.05, 0) is 25.1 Å². The summed E-state index contributed by atoms with van der Waals surface area (Å²) in [5.74, 6) is -0.982. The normalized spacial score (nSPS) is 10.3. The monoisotopic (exact) mass is 245 g/mol. The zero-order valence-corrected chi connectivity index (χ0v) is 9.89. The van der Waals surface area contributed by atoms with Gasteiger partial charge in [-0.1, -0.05) is 18.2 Å². The highest BCUT2D eigenvalue weighted by Gasteiger charge is 2.12. The van der Waals surface area contributed by atoms with Crippen LogP contribution in [0.4, 0.5) is 4.39 Å². The predicted molar refractivity (Wildman–Crippen MR) is 66.2 cm³/mol. The third-order valence-corrected chi connectivity index (χ3v) is 2.70. The quantitative estimate of drug-likeness (QED) is 0.777. The first-order valence-electron chi connectivity index (χ1n) is 5.53. The molecule has 0 saturated heterocycles. The van der Waals surface area contributed by atoms with Crippen molar-refractivity contribution in [1.82, 2.24) is 4.57 Å². The number of carbonyl (C=O) groups excluding carboxylic acids is 1. The number of aryl methyl sites for hydroxylation is 1. The average Bonchev–Trinajstić information content (AvgIpc) is 2.35. The van der Waals surface area contributed by atoms with Gasteiger partial charge in [-0.3, -0.25) is 9.59 Å². The van der Waals surface area contributed by atoms with Crippen molar-refractivity contribution >= 4 is 5.78 Å². The molecule has 18 heavy (non-hydrogen) atoms. The van der Waals surface area contributed by atoms with Crippen LogP contribution in [0.15, 0.2) is 47.4 Å². The molecule has 0 radical (unpaired) electrons. The molecule has 0 atom stereocenters. The first-order valence-corrected chi connectivity index (χ1v) is 5.53. The van der Waals surface area contributed by atoms with Crippen LogP contribution in [0, 0.1) is 12.7 Å². The summed E-state index contributed by atoms with van der Waals surface area (Å²) in [5.41, 5.74) is 0.326. The van der Waals surface area contributed by atoms with E-state index in [0.717, 1.165) is 0 Å². The number of rotatable bonds is 3. The van der Waals surface area contributed by atoms with Crippen molar-refractivity contribution in [3.8, 4) is 0 Å². The van der Waals surface area contributed by atoms with Crippen LogP contribution in [-0.4, -0.2) is 10.4 Å². The molecule has 1 aromatic heterocycles. The maximum atomic E-state index is 13.4. The number of Topliss-reactive ketones (excluding diaryl/α,β-unsaturated/α-hetero) is 1. The lowest BCUT2D eigenvalue weighted by molar-refractivity contribution is 0.0967. The second-order valence-corrected chi connectivity index (χ2v) is 4.03. The Labute approximate surface area is 104 Å².